The fourth-order valence-corrected chi connectivity index (χ4v) is 1.62. The van der Waals surface area contributed by atoms with E-state index in [1.165, 1.54) is 6.07 Å². The summed E-state index contributed by atoms with van der Waals surface area (Å²) in [6.07, 6.45) is 0.895. The molecule has 0 aromatic heterocycles. The first kappa shape index (κ1) is 9.92. The number of nitrogens with zero attached hydrogens (tertiary/aromatic N) is 1. The van der Waals surface area contributed by atoms with Gasteiger partial charge in [0.2, 0.25) is 0 Å². The molecule has 0 saturated carbocycles. The summed E-state index contributed by atoms with van der Waals surface area (Å²) in [4.78, 5) is 10.4. The molecule has 0 bridgehead atoms. The van der Waals surface area contributed by atoms with Gasteiger partial charge in [0.25, 0.3) is 5.69 Å². The SMILES string of the molecule is O=[N+]([O-])c1ccccc1NC1CCOC1. The summed E-state index contributed by atoms with van der Waals surface area (Å²) in [5.74, 6) is 0. The lowest BCUT2D eigenvalue weighted by Gasteiger charge is -2.11. The van der Waals surface area contributed by atoms with Crippen molar-refractivity contribution >= 4 is 11.4 Å². The summed E-state index contributed by atoms with van der Waals surface area (Å²) in [6, 6.07) is 6.85. The van der Waals surface area contributed by atoms with Crippen LogP contribution >= 0.6 is 0 Å². The van der Waals surface area contributed by atoms with E-state index in [-0.39, 0.29) is 16.7 Å². The lowest BCUT2D eigenvalue weighted by molar-refractivity contribution is -0.384. The molecule has 5 heteroatoms. The monoisotopic (exact) mass is 208 g/mol. The van der Waals surface area contributed by atoms with Crippen LogP contribution in [0.3, 0.4) is 0 Å². The number of nitrogens with one attached hydrogen (secondary N) is 1. The number of nitro groups is 1. The van der Waals surface area contributed by atoms with Crippen molar-refractivity contribution in [2.75, 3.05) is 18.5 Å². The standard InChI is InChI=1S/C10H12N2O3/c13-12(14)10-4-2-1-3-9(10)11-8-5-6-15-7-8/h1-4,8,11H,5-7H2. The molecule has 5 nitrogen and oxygen atoms in total. The lowest BCUT2D eigenvalue weighted by atomic mass is 10.2. The highest BCUT2D eigenvalue weighted by Gasteiger charge is 2.19. The van der Waals surface area contributed by atoms with E-state index in [2.05, 4.69) is 5.32 Å². The Balaban J connectivity index is 2.15. The van der Waals surface area contributed by atoms with E-state index in [4.69, 9.17) is 4.74 Å². The molecule has 1 fully saturated rings. The Labute approximate surface area is 87.2 Å². The molecule has 15 heavy (non-hydrogen) atoms. The molecule has 1 saturated heterocycles. The van der Waals surface area contributed by atoms with Crippen LogP contribution in [0.15, 0.2) is 24.3 Å². The van der Waals surface area contributed by atoms with Crippen LogP contribution in [0.5, 0.6) is 0 Å². The molecule has 0 spiro atoms. The van der Waals surface area contributed by atoms with E-state index >= 15 is 0 Å². The van der Waals surface area contributed by atoms with Crippen LogP contribution < -0.4 is 5.32 Å². The number of nitro benzene ring substituents is 1. The normalized spacial score (nSPS) is 20.1. The predicted molar refractivity (Wildman–Crippen MR) is 55.9 cm³/mol. The first-order valence-corrected chi connectivity index (χ1v) is 4.85. The molecule has 1 aromatic carbocycles. The lowest BCUT2D eigenvalue weighted by Crippen LogP contribution is -2.19. The Morgan fingerprint density at radius 2 is 2.27 bits per heavy atom. The number of rotatable bonds is 3. The molecule has 1 heterocycles. The van der Waals surface area contributed by atoms with Crippen molar-refractivity contribution in [2.45, 2.75) is 12.5 Å². The Kier molecular flexibility index (Phi) is 2.82. The Morgan fingerprint density at radius 1 is 1.47 bits per heavy atom. The van der Waals surface area contributed by atoms with Gasteiger partial charge in [0.1, 0.15) is 5.69 Å². The van der Waals surface area contributed by atoms with Crippen molar-refractivity contribution in [2.24, 2.45) is 0 Å². The smallest absolute Gasteiger partial charge is 0.292 e. The third kappa shape index (κ3) is 2.24. The minimum Gasteiger partial charge on any atom is -0.379 e. The Morgan fingerprint density at radius 3 is 2.93 bits per heavy atom. The van der Waals surface area contributed by atoms with Crippen LogP contribution in [0.4, 0.5) is 11.4 Å². The van der Waals surface area contributed by atoms with E-state index in [0.29, 0.717) is 12.3 Å². The van der Waals surface area contributed by atoms with E-state index in [1.807, 2.05) is 0 Å². The zero-order valence-corrected chi connectivity index (χ0v) is 8.18. The first-order chi connectivity index (χ1) is 7.27. The summed E-state index contributed by atoms with van der Waals surface area (Å²) in [5.41, 5.74) is 0.683. The highest BCUT2D eigenvalue weighted by atomic mass is 16.6. The molecule has 0 radical (unpaired) electrons. The molecular weight excluding hydrogens is 196 g/mol. The number of anilines is 1. The molecule has 0 aliphatic carbocycles. The number of hydrogen-bond donors (Lipinski definition) is 1. The second kappa shape index (κ2) is 4.27. The molecular formula is C10H12N2O3. The fourth-order valence-electron chi connectivity index (χ4n) is 1.62. The van der Waals surface area contributed by atoms with Gasteiger partial charge in [-0.05, 0) is 12.5 Å². The van der Waals surface area contributed by atoms with Crippen LogP contribution in [-0.2, 0) is 4.74 Å². The van der Waals surface area contributed by atoms with E-state index in [0.717, 1.165) is 13.0 Å². The maximum Gasteiger partial charge on any atom is 0.292 e. The second-order valence-electron chi connectivity index (χ2n) is 3.48. The summed E-state index contributed by atoms with van der Waals surface area (Å²) < 4.78 is 5.20. The summed E-state index contributed by atoms with van der Waals surface area (Å²) in [5, 5.41) is 13.9. The number of ether oxygens (including phenoxy) is 1. The second-order valence-corrected chi connectivity index (χ2v) is 3.48. The fraction of sp³-hybridized carbons (Fsp3) is 0.400. The number of para-hydroxylation sites is 2. The van der Waals surface area contributed by atoms with Gasteiger partial charge in [0, 0.05) is 12.7 Å². The predicted octanol–water partition coefficient (Wildman–Crippen LogP) is 1.80. The average Bonchev–Trinajstić information content (AvgIpc) is 2.71. The Hall–Kier alpha value is -1.62. The van der Waals surface area contributed by atoms with Gasteiger partial charge in [-0.1, -0.05) is 12.1 Å². The average molecular weight is 208 g/mol. The van der Waals surface area contributed by atoms with Gasteiger partial charge in [-0.2, -0.15) is 0 Å². The van der Waals surface area contributed by atoms with E-state index in [1.54, 1.807) is 18.2 Å². The maximum atomic E-state index is 10.7. The molecule has 1 unspecified atom stereocenters. The molecule has 0 amide bonds. The molecule has 2 rings (SSSR count). The minimum atomic E-state index is -0.377. The zero-order chi connectivity index (χ0) is 10.7. The van der Waals surface area contributed by atoms with Crippen molar-refractivity contribution in [1.29, 1.82) is 0 Å². The van der Waals surface area contributed by atoms with Crippen LogP contribution in [-0.4, -0.2) is 24.2 Å². The van der Waals surface area contributed by atoms with Crippen LogP contribution in [0.2, 0.25) is 0 Å². The van der Waals surface area contributed by atoms with Crippen molar-refractivity contribution in [1.82, 2.24) is 0 Å². The van der Waals surface area contributed by atoms with Crippen LogP contribution in [0, 0.1) is 10.1 Å². The van der Waals surface area contributed by atoms with Crippen molar-refractivity contribution in [3.63, 3.8) is 0 Å². The van der Waals surface area contributed by atoms with Crippen molar-refractivity contribution in [3.8, 4) is 0 Å². The largest absolute Gasteiger partial charge is 0.379 e. The minimum absolute atomic E-state index is 0.115. The van der Waals surface area contributed by atoms with E-state index < -0.39 is 0 Å². The van der Waals surface area contributed by atoms with Crippen LogP contribution in [0.25, 0.3) is 0 Å². The third-order valence-corrected chi connectivity index (χ3v) is 2.39. The van der Waals surface area contributed by atoms with Gasteiger partial charge in [-0.3, -0.25) is 10.1 Å². The van der Waals surface area contributed by atoms with Gasteiger partial charge in [-0.25, -0.2) is 0 Å². The molecule has 80 valence electrons. The zero-order valence-electron chi connectivity index (χ0n) is 8.18. The third-order valence-electron chi connectivity index (χ3n) is 2.39. The molecule has 1 N–H and O–H groups in total. The van der Waals surface area contributed by atoms with Crippen molar-refractivity contribution in [3.05, 3.63) is 34.4 Å². The molecule has 1 aliphatic rings. The summed E-state index contributed by atoms with van der Waals surface area (Å²) in [6.45, 7) is 1.34. The highest BCUT2D eigenvalue weighted by molar-refractivity contribution is 5.61. The Bertz CT molecular complexity index is 361. The van der Waals surface area contributed by atoms with Gasteiger partial charge >= 0.3 is 0 Å². The molecule has 1 atom stereocenters. The quantitative estimate of drug-likeness (QED) is 0.607. The van der Waals surface area contributed by atoms with Crippen LogP contribution in [0.1, 0.15) is 6.42 Å². The molecule has 1 aromatic rings. The number of hydrogen-bond acceptors (Lipinski definition) is 4. The van der Waals surface area contributed by atoms with Gasteiger partial charge < -0.3 is 10.1 Å². The summed E-state index contributed by atoms with van der Waals surface area (Å²) in [7, 11) is 0. The van der Waals surface area contributed by atoms with Gasteiger partial charge in [-0.15, -0.1) is 0 Å². The molecule has 1 aliphatic heterocycles. The first-order valence-electron chi connectivity index (χ1n) is 4.85. The summed E-state index contributed by atoms with van der Waals surface area (Å²) >= 11 is 0. The van der Waals surface area contributed by atoms with Gasteiger partial charge in [0.15, 0.2) is 0 Å². The topological polar surface area (TPSA) is 64.4 Å². The van der Waals surface area contributed by atoms with Gasteiger partial charge in [0.05, 0.1) is 17.6 Å². The highest BCUT2D eigenvalue weighted by Crippen LogP contribution is 2.25. The van der Waals surface area contributed by atoms with E-state index in [9.17, 15) is 10.1 Å². The van der Waals surface area contributed by atoms with Crippen molar-refractivity contribution < 1.29 is 9.66 Å². The maximum absolute atomic E-state index is 10.7. The number of benzene rings is 1.